The van der Waals surface area contributed by atoms with E-state index in [4.69, 9.17) is 0 Å². The fraction of sp³-hybridized carbons (Fsp3) is 0.333. The summed E-state index contributed by atoms with van der Waals surface area (Å²) in [6.07, 6.45) is 0.670. The van der Waals surface area contributed by atoms with Crippen LogP contribution in [0.25, 0.3) is 0 Å². The van der Waals surface area contributed by atoms with E-state index in [1.807, 2.05) is 0 Å². The number of amides is 1. The third kappa shape index (κ3) is 1.93. The number of Topliss-reactive ketones (excluding diaryl/α,β-unsaturated/α-hetero) is 1. The molecule has 1 amide bonds. The number of nitrogens with one attached hydrogen (secondary N) is 1. The van der Waals surface area contributed by atoms with Crippen molar-refractivity contribution >= 4 is 17.4 Å². The van der Waals surface area contributed by atoms with Gasteiger partial charge in [-0.25, -0.2) is 4.39 Å². The number of fused-ring (bicyclic) bond motifs is 1. The molecule has 1 N–H and O–H groups in total. The lowest BCUT2D eigenvalue weighted by Crippen LogP contribution is -2.32. The summed E-state index contributed by atoms with van der Waals surface area (Å²) in [5.41, 5.74) is 0.290. The van der Waals surface area contributed by atoms with E-state index in [1.165, 1.54) is 23.1 Å². The van der Waals surface area contributed by atoms with E-state index in [9.17, 15) is 14.0 Å². The average molecular weight is 236 g/mol. The van der Waals surface area contributed by atoms with Crippen LogP contribution in [0.15, 0.2) is 18.2 Å². The number of benzene rings is 1. The predicted octanol–water partition coefficient (Wildman–Crippen LogP) is 0.965. The molecule has 0 saturated carbocycles. The maximum atomic E-state index is 13.6. The molecule has 0 spiro atoms. The summed E-state index contributed by atoms with van der Waals surface area (Å²) >= 11 is 0. The lowest BCUT2D eigenvalue weighted by atomic mass is 10.1. The molecule has 2 rings (SSSR count). The van der Waals surface area contributed by atoms with Crippen LogP contribution in [-0.2, 0) is 4.79 Å². The fourth-order valence-corrected chi connectivity index (χ4v) is 1.94. The van der Waals surface area contributed by atoms with Gasteiger partial charge in [0.2, 0.25) is 0 Å². The Balaban J connectivity index is 2.30. The number of nitrogens with zero attached hydrogens (tertiary/aromatic N) is 1. The zero-order valence-corrected chi connectivity index (χ0v) is 9.50. The van der Waals surface area contributed by atoms with Gasteiger partial charge in [0.25, 0.3) is 11.7 Å². The summed E-state index contributed by atoms with van der Waals surface area (Å²) in [7, 11) is 1.80. The zero-order chi connectivity index (χ0) is 12.4. The first kappa shape index (κ1) is 11.7. The summed E-state index contributed by atoms with van der Waals surface area (Å²) < 4.78 is 13.6. The molecule has 1 heterocycles. The molecule has 1 aromatic rings. The van der Waals surface area contributed by atoms with E-state index in [-0.39, 0.29) is 11.3 Å². The third-order valence-electron chi connectivity index (χ3n) is 2.75. The SMILES string of the molecule is CNCCCN1C(=O)C(=O)c2cccc(F)c21. The average Bonchev–Trinajstić information content (AvgIpc) is 2.56. The van der Waals surface area contributed by atoms with Crippen LogP contribution in [0.5, 0.6) is 0 Å². The summed E-state index contributed by atoms with van der Waals surface area (Å²) in [6, 6.07) is 4.18. The predicted molar refractivity (Wildman–Crippen MR) is 61.6 cm³/mol. The molecule has 1 aliphatic rings. The lowest BCUT2D eigenvalue weighted by Gasteiger charge is -2.16. The Morgan fingerprint density at radius 1 is 1.35 bits per heavy atom. The number of carbonyl (C=O) groups is 2. The number of hydrogen-bond donors (Lipinski definition) is 1. The fourth-order valence-electron chi connectivity index (χ4n) is 1.94. The minimum Gasteiger partial charge on any atom is -0.320 e. The van der Waals surface area contributed by atoms with Gasteiger partial charge in [0.15, 0.2) is 0 Å². The molecule has 0 fully saturated rings. The second kappa shape index (κ2) is 4.63. The van der Waals surface area contributed by atoms with Crippen molar-refractivity contribution < 1.29 is 14.0 Å². The Morgan fingerprint density at radius 2 is 2.12 bits per heavy atom. The number of rotatable bonds is 4. The van der Waals surface area contributed by atoms with E-state index in [1.54, 1.807) is 7.05 Å². The zero-order valence-electron chi connectivity index (χ0n) is 9.50. The van der Waals surface area contributed by atoms with Crippen LogP contribution >= 0.6 is 0 Å². The van der Waals surface area contributed by atoms with Gasteiger partial charge in [-0.15, -0.1) is 0 Å². The van der Waals surface area contributed by atoms with Crippen molar-refractivity contribution in [2.75, 3.05) is 25.0 Å². The Morgan fingerprint density at radius 3 is 2.82 bits per heavy atom. The minimum absolute atomic E-state index is 0.124. The van der Waals surface area contributed by atoms with Gasteiger partial charge < -0.3 is 10.2 Å². The topological polar surface area (TPSA) is 49.4 Å². The van der Waals surface area contributed by atoms with Crippen LogP contribution in [0.1, 0.15) is 16.8 Å². The first-order chi connectivity index (χ1) is 8.16. The largest absolute Gasteiger partial charge is 0.320 e. The molecule has 17 heavy (non-hydrogen) atoms. The number of halogens is 1. The van der Waals surface area contributed by atoms with Gasteiger partial charge >= 0.3 is 0 Å². The highest BCUT2D eigenvalue weighted by Gasteiger charge is 2.37. The van der Waals surface area contributed by atoms with Crippen LogP contribution < -0.4 is 10.2 Å². The maximum Gasteiger partial charge on any atom is 0.299 e. The van der Waals surface area contributed by atoms with Gasteiger partial charge in [-0.3, -0.25) is 9.59 Å². The van der Waals surface area contributed by atoms with Crippen molar-refractivity contribution in [1.82, 2.24) is 5.32 Å². The second-order valence-corrected chi connectivity index (χ2v) is 3.88. The van der Waals surface area contributed by atoms with Gasteiger partial charge in [0, 0.05) is 6.54 Å². The number of para-hydroxylation sites is 1. The summed E-state index contributed by atoms with van der Waals surface area (Å²) in [6.45, 7) is 1.06. The smallest absolute Gasteiger partial charge is 0.299 e. The van der Waals surface area contributed by atoms with Crippen molar-refractivity contribution in [1.29, 1.82) is 0 Å². The van der Waals surface area contributed by atoms with Crippen molar-refractivity contribution in [3.05, 3.63) is 29.6 Å². The monoisotopic (exact) mass is 236 g/mol. The highest BCUT2D eigenvalue weighted by atomic mass is 19.1. The molecular weight excluding hydrogens is 223 g/mol. The molecule has 90 valence electrons. The van der Waals surface area contributed by atoms with Gasteiger partial charge in [-0.2, -0.15) is 0 Å². The van der Waals surface area contributed by atoms with Gasteiger partial charge in [-0.05, 0) is 32.1 Å². The van der Waals surface area contributed by atoms with E-state index >= 15 is 0 Å². The first-order valence-corrected chi connectivity index (χ1v) is 5.46. The third-order valence-corrected chi connectivity index (χ3v) is 2.75. The van der Waals surface area contributed by atoms with Gasteiger partial charge in [-0.1, -0.05) is 6.07 Å². The molecule has 0 unspecified atom stereocenters. The van der Waals surface area contributed by atoms with Crippen LogP contribution in [0.3, 0.4) is 0 Å². The minimum atomic E-state index is -0.638. The summed E-state index contributed by atoms with van der Waals surface area (Å²) in [5, 5.41) is 2.94. The number of ketones is 1. The molecule has 0 radical (unpaired) electrons. The van der Waals surface area contributed by atoms with E-state index in [2.05, 4.69) is 5.32 Å². The van der Waals surface area contributed by atoms with Crippen molar-refractivity contribution in [3.63, 3.8) is 0 Å². The maximum absolute atomic E-state index is 13.6. The Labute approximate surface area is 98.4 Å². The quantitative estimate of drug-likeness (QED) is 0.626. The highest BCUT2D eigenvalue weighted by Crippen LogP contribution is 2.31. The van der Waals surface area contributed by atoms with Crippen LogP contribution in [0, 0.1) is 5.82 Å². The molecule has 1 aromatic carbocycles. The summed E-state index contributed by atoms with van der Waals surface area (Å²) in [5.74, 6) is -1.78. The Hall–Kier alpha value is -1.75. The molecule has 0 aromatic heterocycles. The van der Waals surface area contributed by atoms with Crippen molar-refractivity contribution in [3.8, 4) is 0 Å². The van der Waals surface area contributed by atoms with Crippen LogP contribution in [-0.4, -0.2) is 31.8 Å². The van der Waals surface area contributed by atoms with Gasteiger partial charge in [0.05, 0.1) is 11.3 Å². The van der Waals surface area contributed by atoms with Gasteiger partial charge in [0.1, 0.15) is 5.82 Å². The van der Waals surface area contributed by atoms with E-state index in [0.717, 1.165) is 0 Å². The molecule has 5 heteroatoms. The Bertz CT molecular complexity index is 474. The van der Waals surface area contributed by atoms with E-state index < -0.39 is 17.5 Å². The molecule has 4 nitrogen and oxygen atoms in total. The summed E-state index contributed by atoms with van der Waals surface area (Å²) in [4.78, 5) is 24.5. The molecule has 0 bridgehead atoms. The molecule has 1 aliphatic heterocycles. The molecular formula is C12H13FN2O2. The number of anilines is 1. The van der Waals surface area contributed by atoms with Crippen molar-refractivity contribution in [2.45, 2.75) is 6.42 Å². The highest BCUT2D eigenvalue weighted by molar-refractivity contribution is 6.52. The Kier molecular flexibility index (Phi) is 3.19. The molecule has 0 aliphatic carbocycles. The standard InChI is InChI=1S/C12H13FN2O2/c1-14-6-3-7-15-10-8(11(16)12(15)17)4-2-5-9(10)13/h2,4-5,14H,3,6-7H2,1H3. The first-order valence-electron chi connectivity index (χ1n) is 5.46. The van der Waals surface area contributed by atoms with Crippen molar-refractivity contribution in [2.24, 2.45) is 0 Å². The van der Waals surface area contributed by atoms with E-state index in [0.29, 0.717) is 19.5 Å². The second-order valence-electron chi connectivity index (χ2n) is 3.88. The van der Waals surface area contributed by atoms with Crippen LogP contribution in [0.2, 0.25) is 0 Å². The molecule has 0 saturated heterocycles. The molecule has 0 atom stereocenters. The number of carbonyl (C=O) groups excluding carboxylic acids is 2. The normalized spacial score (nSPS) is 14.4. The number of hydrogen-bond acceptors (Lipinski definition) is 3. The lowest BCUT2D eigenvalue weighted by molar-refractivity contribution is -0.114. The van der Waals surface area contributed by atoms with Crippen LogP contribution in [0.4, 0.5) is 10.1 Å².